The molecule has 1 aromatic carbocycles. The second-order valence-corrected chi connectivity index (χ2v) is 3.91. The molecule has 5 heteroatoms. The zero-order valence-corrected chi connectivity index (χ0v) is 9.70. The number of hydrogen-bond donors (Lipinski definition) is 2. The highest BCUT2D eigenvalue weighted by Crippen LogP contribution is 2.25. The molecule has 0 radical (unpaired) electrons. The molecule has 17 heavy (non-hydrogen) atoms. The average molecular weight is 248 g/mol. The van der Waals surface area contributed by atoms with Gasteiger partial charge in [-0.25, -0.2) is 0 Å². The van der Waals surface area contributed by atoms with Crippen LogP contribution in [0.15, 0.2) is 24.4 Å². The van der Waals surface area contributed by atoms with Gasteiger partial charge < -0.3 is 10.4 Å². The van der Waals surface area contributed by atoms with Crippen molar-refractivity contribution in [3.8, 4) is 6.07 Å². The van der Waals surface area contributed by atoms with Crippen LogP contribution in [0.1, 0.15) is 5.56 Å². The Morgan fingerprint density at radius 1 is 1.47 bits per heavy atom. The Labute approximate surface area is 103 Å². The van der Waals surface area contributed by atoms with Crippen molar-refractivity contribution in [1.82, 2.24) is 4.98 Å². The van der Waals surface area contributed by atoms with Gasteiger partial charge in [-0.05, 0) is 12.1 Å². The molecule has 0 aliphatic rings. The fourth-order valence-electron chi connectivity index (χ4n) is 1.63. The monoisotopic (exact) mass is 247 g/mol. The SMILES string of the molecule is N#Cc1c(NCCO)ccc2cc(Cl)cnc12. The van der Waals surface area contributed by atoms with Crippen LogP contribution in [0.4, 0.5) is 5.69 Å². The van der Waals surface area contributed by atoms with E-state index < -0.39 is 0 Å². The van der Waals surface area contributed by atoms with Gasteiger partial charge in [0.2, 0.25) is 0 Å². The second-order valence-electron chi connectivity index (χ2n) is 3.48. The van der Waals surface area contributed by atoms with Crippen molar-refractivity contribution in [3.63, 3.8) is 0 Å². The lowest BCUT2D eigenvalue weighted by molar-refractivity contribution is 0.311. The summed E-state index contributed by atoms with van der Waals surface area (Å²) < 4.78 is 0. The summed E-state index contributed by atoms with van der Waals surface area (Å²) in [7, 11) is 0. The number of aliphatic hydroxyl groups is 1. The summed E-state index contributed by atoms with van der Waals surface area (Å²) in [6.07, 6.45) is 1.51. The first-order chi connectivity index (χ1) is 8.26. The molecule has 0 atom stereocenters. The predicted molar refractivity (Wildman–Crippen MR) is 67.0 cm³/mol. The van der Waals surface area contributed by atoms with Crippen molar-refractivity contribution in [2.75, 3.05) is 18.5 Å². The standard InChI is InChI=1S/C12H10ClN3O/c13-9-5-8-1-2-11(15-3-4-17)10(6-14)12(8)16-7-9/h1-2,5,7,15,17H,3-4H2. The summed E-state index contributed by atoms with van der Waals surface area (Å²) in [6, 6.07) is 7.51. The van der Waals surface area contributed by atoms with E-state index in [2.05, 4.69) is 16.4 Å². The Bertz CT molecular complexity index is 592. The van der Waals surface area contributed by atoms with Crippen LogP contribution in [0.3, 0.4) is 0 Å². The molecule has 0 spiro atoms. The van der Waals surface area contributed by atoms with Crippen LogP contribution in [-0.2, 0) is 0 Å². The van der Waals surface area contributed by atoms with Crippen LogP contribution >= 0.6 is 11.6 Å². The van der Waals surface area contributed by atoms with E-state index in [1.807, 2.05) is 6.07 Å². The van der Waals surface area contributed by atoms with Crippen LogP contribution in [0.25, 0.3) is 10.9 Å². The number of pyridine rings is 1. The van der Waals surface area contributed by atoms with E-state index in [4.69, 9.17) is 22.0 Å². The van der Waals surface area contributed by atoms with Gasteiger partial charge >= 0.3 is 0 Å². The third kappa shape index (κ3) is 2.31. The van der Waals surface area contributed by atoms with Crippen molar-refractivity contribution in [3.05, 3.63) is 35.0 Å². The topological polar surface area (TPSA) is 68.9 Å². The third-order valence-electron chi connectivity index (χ3n) is 2.36. The minimum Gasteiger partial charge on any atom is -0.395 e. The number of halogens is 1. The van der Waals surface area contributed by atoms with Crippen molar-refractivity contribution < 1.29 is 5.11 Å². The largest absolute Gasteiger partial charge is 0.395 e. The second kappa shape index (κ2) is 5.00. The van der Waals surface area contributed by atoms with Gasteiger partial charge in [0.05, 0.1) is 22.8 Å². The molecule has 0 bridgehead atoms. The van der Waals surface area contributed by atoms with Crippen LogP contribution < -0.4 is 5.32 Å². The quantitative estimate of drug-likeness (QED) is 0.872. The van der Waals surface area contributed by atoms with Crippen LogP contribution in [0.2, 0.25) is 5.02 Å². The number of nitrogens with zero attached hydrogens (tertiary/aromatic N) is 2. The smallest absolute Gasteiger partial charge is 0.104 e. The molecule has 0 aliphatic carbocycles. The maximum atomic E-state index is 9.16. The molecule has 2 aromatic rings. The molecule has 1 heterocycles. The molecule has 0 fully saturated rings. The van der Waals surface area contributed by atoms with Gasteiger partial charge in [-0.2, -0.15) is 5.26 Å². The zero-order valence-electron chi connectivity index (χ0n) is 8.94. The number of rotatable bonds is 3. The molecule has 4 nitrogen and oxygen atoms in total. The molecule has 0 unspecified atom stereocenters. The summed E-state index contributed by atoms with van der Waals surface area (Å²) in [5.74, 6) is 0. The Kier molecular flexibility index (Phi) is 3.43. The number of nitrogens with one attached hydrogen (secondary N) is 1. The Hall–Kier alpha value is -1.83. The number of anilines is 1. The molecule has 2 rings (SSSR count). The average Bonchev–Trinajstić information content (AvgIpc) is 2.35. The van der Waals surface area contributed by atoms with Gasteiger partial charge in [-0.15, -0.1) is 0 Å². The highest BCUT2D eigenvalue weighted by atomic mass is 35.5. The van der Waals surface area contributed by atoms with Gasteiger partial charge in [0.1, 0.15) is 11.6 Å². The summed E-state index contributed by atoms with van der Waals surface area (Å²) in [4.78, 5) is 4.16. The van der Waals surface area contributed by atoms with Crippen LogP contribution in [0.5, 0.6) is 0 Å². The lowest BCUT2D eigenvalue weighted by Gasteiger charge is -2.08. The molecular weight excluding hydrogens is 238 g/mol. The van der Waals surface area contributed by atoms with E-state index in [0.29, 0.717) is 28.3 Å². The van der Waals surface area contributed by atoms with Gasteiger partial charge in [-0.3, -0.25) is 4.98 Å². The lowest BCUT2D eigenvalue weighted by atomic mass is 10.1. The van der Waals surface area contributed by atoms with Gasteiger partial charge in [0.15, 0.2) is 0 Å². The first-order valence-electron chi connectivity index (χ1n) is 5.09. The number of aliphatic hydroxyl groups excluding tert-OH is 1. The Morgan fingerprint density at radius 2 is 2.29 bits per heavy atom. The minimum absolute atomic E-state index is 0.0109. The molecule has 0 saturated carbocycles. The number of aromatic nitrogens is 1. The maximum absolute atomic E-state index is 9.16. The molecular formula is C12H10ClN3O. The van der Waals surface area contributed by atoms with Crippen molar-refractivity contribution in [2.45, 2.75) is 0 Å². The first-order valence-corrected chi connectivity index (χ1v) is 5.47. The summed E-state index contributed by atoms with van der Waals surface area (Å²) in [5, 5.41) is 22.3. The fraction of sp³-hybridized carbons (Fsp3) is 0.167. The highest BCUT2D eigenvalue weighted by molar-refractivity contribution is 6.31. The Balaban J connectivity index is 2.58. The molecule has 86 valence electrons. The first kappa shape index (κ1) is 11.6. The van der Waals surface area contributed by atoms with E-state index in [0.717, 1.165) is 5.39 Å². The maximum Gasteiger partial charge on any atom is 0.104 e. The van der Waals surface area contributed by atoms with Crippen molar-refractivity contribution in [2.24, 2.45) is 0 Å². The molecule has 0 saturated heterocycles. The predicted octanol–water partition coefficient (Wildman–Crippen LogP) is 2.16. The number of fused-ring (bicyclic) bond motifs is 1. The zero-order chi connectivity index (χ0) is 12.3. The van der Waals surface area contributed by atoms with Crippen molar-refractivity contribution >= 4 is 28.2 Å². The number of hydrogen-bond acceptors (Lipinski definition) is 4. The molecule has 0 aliphatic heterocycles. The van der Waals surface area contributed by atoms with Gasteiger partial charge in [0.25, 0.3) is 0 Å². The molecule has 2 N–H and O–H groups in total. The highest BCUT2D eigenvalue weighted by Gasteiger charge is 2.08. The van der Waals surface area contributed by atoms with E-state index >= 15 is 0 Å². The van der Waals surface area contributed by atoms with E-state index in [-0.39, 0.29) is 6.61 Å². The van der Waals surface area contributed by atoms with Gasteiger partial charge in [-0.1, -0.05) is 17.7 Å². The number of benzene rings is 1. The van der Waals surface area contributed by atoms with E-state index in [1.54, 1.807) is 12.1 Å². The third-order valence-corrected chi connectivity index (χ3v) is 2.57. The van der Waals surface area contributed by atoms with Crippen LogP contribution in [-0.4, -0.2) is 23.2 Å². The molecule has 0 amide bonds. The van der Waals surface area contributed by atoms with E-state index in [1.165, 1.54) is 6.20 Å². The molecule has 1 aromatic heterocycles. The summed E-state index contributed by atoms with van der Waals surface area (Å²) in [6.45, 7) is 0.407. The normalized spacial score (nSPS) is 10.2. The lowest BCUT2D eigenvalue weighted by Crippen LogP contribution is -2.07. The minimum atomic E-state index is 0.0109. The fourth-order valence-corrected chi connectivity index (χ4v) is 1.79. The summed E-state index contributed by atoms with van der Waals surface area (Å²) >= 11 is 5.84. The van der Waals surface area contributed by atoms with E-state index in [9.17, 15) is 0 Å². The summed E-state index contributed by atoms with van der Waals surface area (Å²) in [5.41, 5.74) is 1.75. The van der Waals surface area contributed by atoms with Crippen LogP contribution in [0, 0.1) is 11.3 Å². The van der Waals surface area contributed by atoms with Gasteiger partial charge in [0, 0.05) is 18.1 Å². The van der Waals surface area contributed by atoms with Crippen molar-refractivity contribution in [1.29, 1.82) is 5.26 Å². The number of nitriles is 1. The Morgan fingerprint density at radius 3 is 3.00 bits per heavy atom.